The summed E-state index contributed by atoms with van der Waals surface area (Å²) >= 11 is 5.46. The molecule has 616 valence electrons. The van der Waals surface area contributed by atoms with Crippen LogP contribution in [0, 0.1) is 19.9 Å². The number of rotatable bonds is 18. The molecule has 22 heteroatoms. The van der Waals surface area contributed by atoms with Crippen molar-refractivity contribution in [3.05, 3.63) is 290 Å². The molecule has 3 aliphatic rings. The minimum absolute atomic E-state index is 0.0651. The minimum atomic E-state index is -0.442. The molecule has 12 aromatic rings. The Kier molecular flexibility index (Phi) is 32.7. The summed E-state index contributed by atoms with van der Waals surface area (Å²) in [4.78, 5) is 33.8. The zero-order valence-corrected chi connectivity index (χ0v) is 74.8. The van der Waals surface area contributed by atoms with Crippen LogP contribution in [0.5, 0.6) is 11.5 Å². The van der Waals surface area contributed by atoms with Crippen LogP contribution in [0.4, 0.5) is 17.3 Å². The summed E-state index contributed by atoms with van der Waals surface area (Å²) in [5, 5.41) is 10.6. The van der Waals surface area contributed by atoms with Crippen LogP contribution in [0.15, 0.2) is 233 Å². The third kappa shape index (κ3) is 23.6. The van der Waals surface area contributed by atoms with Gasteiger partial charge < -0.3 is 36.0 Å². The first kappa shape index (κ1) is 90.1. The van der Waals surface area contributed by atoms with Crippen LogP contribution in [-0.4, -0.2) is 82.5 Å². The van der Waals surface area contributed by atoms with Gasteiger partial charge in [-0.05, 0) is 248 Å². The Labute approximate surface area is 716 Å². The molecular weight excluding hydrogens is 1650 g/mol. The van der Waals surface area contributed by atoms with Crippen molar-refractivity contribution in [2.45, 2.75) is 201 Å². The van der Waals surface area contributed by atoms with E-state index in [1.54, 1.807) is 63.8 Å². The zero-order valence-electron chi connectivity index (χ0n) is 70.0. The fourth-order valence-corrected chi connectivity index (χ4v) is 19.2. The Hall–Kier alpha value is -9.21. The van der Waals surface area contributed by atoms with Gasteiger partial charge in [-0.3, -0.25) is 9.13 Å². The SMILES string of the molecule is CC(C)c1cc(C(C)C)c(-c2cccc(P(C3CCCCC3)C3CCCCC3)c2)c(C(C)C)c1.COc1cccc(Cn2c(C)nn(-c3ccc(-c4ccnc(N)c4)cc3)c2=O)c1.COc1cccc(Cn2c(C)nn(-c3ccc(B4OC(C)(C)C(C)(C)O4)cc3)c2=O)c1.Nc1cc(Br)ccn1.Nc1ccccc1-c1[c-]cccc1.[Cl][Pd+]. The Morgan fingerprint density at radius 1 is 0.547 bits per heavy atom. The van der Waals surface area contributed by atoms with E-state index < -0.39 is 18.3 Å². The molecule has 8 aromatic carbocycles. The number of aryl methyl sites for hydroxylation is 2. The number of ether oxygens (including phenoxy) is 2. The van der Waals surface area contributed by atoms with Crippen molar-refractivity contribution in [1.82, 2.24) is 38.7 Å². The molecule has 1 saturated heterocycles. The second-order valence-electron chi connectivity index (χ2n) is 31.9. The van der Waals surface area contributed by atoms with Gasteiger partial charge in [-0.1, -0.05) is 207 Å². The Morgan fingerprint density at radius 3 is 1.49 bits per heavy atom. The summed E-state index contributed by atoms with van der Waals surface area (Å²) in [5.74, 6) is 5.45. The molecule has 0 unspecified atom stereocenters. The van der Waals surface area contributed by atoms with Gasteiger partial charge in [0, 0.05) is 16.9 Å². The first-order valence-corrected chi connectivity index (χ1v) is 44.7. The first-order chi connectivity index (χ1) is 56.2. The summed E-state index contributed by atoms with van der Waals surface area (Å²) in [5.41, 5.74) is 34.4. The Balaban J connectivity index is 0.000000163. The normalized spacial score (nSPS) is 14.4. The molecule has 0 spiro atoms. The number of benzene rings is 8. The molecule has 4 aromatic heterocycles. The topological polar surface area (TPSA) is 220 Å². The van der Waals surface area contributed by atoms with E-state index >= 15 is 0 Å². The van der Waals surface area contributed by atoms with Crippen LogP contribution in [0.3, 0.4) is 0 Å². The van der Waals surface area contributed by atoms with Gasteiger partial charge >= 0.3 is 46.2 Å². The molecule has 6 N–H and O–H groups in total. The number of nitrogen functional groups attached to an aromatic ring is 3. The van der Waals surface area contributed by atoms with E-state index in [2.05, 4.69) is 148 Å². The van der Waals surface area contributed by atoms with E-state index in [1.165, 1.54) is 84.7 Å². The molecular formula is C95H113BBrClN11O6PPd. The molecule has 0 bridgehead atoms. The molecule has 0 radical (unpaired) electrons. The third-order valence-electron chi connectivity index (χ3n) is 22.1. The quantitative estimate of drug-likeness (QED) is 0.0315. The number of pyridine rings is 2. The van der Waals surface area contributed by atoms with Gasteiger partial charge in [-0.25, -0.2) is 19.6 Å². The van der Waals surface area contributed by atoms with Gasteiger partial charge in [0.25, 0.3) is 0 Å². The van der Waals surface area contributed by atoms with Crippen molar-refractivity contribution in [3.8, 4) is 56.3 Å². The van der Waals surface area contributed by atoms with Crippen LogP contribution in [0.2, 0.25) is 0 Å². The Morgan fingerprint density at radius 2 is 1.03 bits per heavy atom. The standard InChI is InChI=1S/C33H49P.C23H28BN3O4.C22H21N5O2.C12H10N.C5H5BrN2.ClH.Pd/c1-23(2)27-21-31(24(3)4)33(32(22-27)25(5)6)26-14-13-19-30(20-26)34(28-15-9-7-10-16-28)29-17-11-8-12-18-29;1-16-25-27(21(28)26(16)15-17-8-7-9-20(14-17)29-6)19-12-10-18(11-13-19)24-30-22(2,3)23(4,5)31-24;1-15-25-27(22(28)26(15)14-16-4-3-5-20(12-16)29-2)19-8-6-17(7-9-19)18-10-11-24-21(23)13-18;13-12-9-5-4-8-11(12)10-6-2-1-3-7-10;6-4-1-2-8-5(7)3-4;;/h13-14,19-25,28-29H,7-12,15-18H2,1-6H3;7-14H,15H2,1-6H3;3-13H,14H2,1-2H3,(H2,23,24);1-6,8-9H,13H2;1-3H,(H2,7,8);1H;/q;;;-1;;;+2/p-1. The summed E-state index contributed by atoms with van der Waals surface area (Å²) < 4.78 is 29.8. The fraction of sp³-hybridized carbons (Fsp3) is 0.347. The van der Waals surface area contributed by atoms with Crippen molar-refractivity contribution < 1.29 is 37.0 Å². The van der Waals surface area contributed by atoms with E-state index in [1.807, 2.05) is 205 Å². The van der Waals surface area contributed by atoms with Crippen molar-refractivity contribution in [2.75, 3.05) is 31.4 Å². The maximum atomic E-state index is 13.0. The van der Waals surface area contributed by atoms with Gasteiger partial charge in [0.1, 0.15) is 34.8 Å². The molecule has 117 heavy (non-hydrogen) atoms. The number of nitrogens with zero attached hydrogens (tertiary/aromatic N) is 8. The van der Waals surface area contributed by atoms with Crippen LogP contribution < -0.4 is 48.8 Å². The maximum absolute atomic E-state index is 13.0. The molecule has 17 nitrogen and oxygen atoms in total. The van der Waals surface area contributed by atoms with E-state index in [4.69, 9.17) is 36.0 Å². The number of halogens is 2. The summed E-state index contributed by atoms with van der Waals surface area (Å²) in [6.07, 6.45) is 18.0. The predicted octanol–water partition coefficient (Wildman–Crippen LogP) is 21.1. The average Bonchev–Trinajstić information content (AvgIpc) is 1.76. The van der Waals surface area contributed by atoms with Crippen LogP contribution in [0.1, 0.15) is 191 Å². The van der Waals surface area contributed by atoms with Crippen molar-refractivity contribution in [1.29, 1.82) is 0 Å². The Bertz CT molecular complexity index is 5240. The first-order valence-electron chi connectivity index (χ1n) is 40.4. The molecule has 0 atom stereocenters. The van der Waals surface area contributed by atoms with Gasteiger partial charge in [0.2, 0.25) is 0 Å². The number of aromatic nitrogens is 8. The molecule has 2 saturated carbocycles. The van der Waals surface area contributed by atoms with Crippen LogP contribution in [0.25, 0.3) is 44.8 Å². The van der Waals surface area contributed by atoms with Crippen molar-refractivity contribution in [2.24, 2.45) is 0 Å². The van der Waals surface area contributed by atoms with Crippen molar-refractivity contribution >= 4 is 68.6 Å². The van der Waals surface area contributed by atoms with Crippen LogP contribution >= 0.6 is 33.4 Å². The second-order valence-corrected chi connectivity index (χ2v) is 35.6. The summed E-state index contributed by atoms with van der Waals surface area (Å²) in [7, 11) is 7.23. The van der Waals surface area contributed by atoms with Gasteiger partial charge in [-0.15, -0.1) is 35.9 Å². The van der Waals surface area contributed by atoms with Gasteiger partial charge in [0.05, 0.1) is 49.9 Å². The predicted molar refractivity (Wildman–Crippen MR) is 484 cm³/mol. The number of methoxy groups -OCH3 is 2. The zero-order chi connectivity index (χ0) is 84.1. The number of nitrogens with two attached hydrogens (primary N) is 3. The number of anilines is 3. The molecule has 5 heterocycles. The molecule has 15 rings (SSSR count). The molecule has 0 amide bonds. The molecule has 1 aliphatic heterocycles. The number of hydrogen-bond donors (Lipinski definition) is 3. The van der Waals surface area contributed by atoms with Gasteiger partial charge in [-0.2, -0.15) is 19.6 Å². The number of para-hydroxylation sites is 1. The third-order valence-corrected chi connectivity index (χ3v) is 26.1. The van der Waals surface area contributed by atoms with E-state index in [0.29, 0.717) is 65.5 Å². The van der Waals surface area contributed by atoms with Crippen LogP contribution in [-0.2, 0) is 40.6 Å². The number of hydrogen-bond acceptors (Lipinski definition) is 13. The van der Waals surface area contributed by atoms with E-state index in [9.17, 15) is 9.59 Å². The monoisotopic (exact) mass is 1770 g/mol. The summed E-state index contributed by atoms with van der Waals surface area (Å²) in [6.45, 7) is 26.8. The summed E-state index contributed by atoms with van der Waals surface area (Å²) in [6, 6.07) is 71.6. The second kappa shape index (κ2) is 42.4. The molecule has 2 aliphatic carbocycles. The average molecular weight is 1770 g/mol. The van der Waals surface area contributed by atoms with E-state index in [-0.39, 0.29) is 19.3 Å². The molecule has 3 fully saturated rings. The van der Waals surface area contributed by atoms with E-state index in [0.717, 1.165) is 71.8 Å². The fourth-order valence-electron chi connectivity index (χ4n) is 15.0. The van der Waals surface area contributed by atoms with Gasteiger partial charge in [0.15, 0.2) is 0 Å². The van der Waals surface area contributed by atoms with Crippen molar-refractivity contribution in [3.63, 3.8) is 0 Å².